The van der Waals surface area contributed by atoms with Gasteiger partial charge >= 0.3 is 0 Å². The van der Waals surface area contributed by atoms with Gasteiger partial charge in [0.2, 0.25) is 0 Å². The third-order valence-electron chi connectivity index (χ3n) is 5.34. The molecular formula is C12H20O. The Morgan fingerprint density at radius 1 is 1.00 bits per heavy atom. The largest absolute Gasteiger partial charge is 0.396 e. The van der Waals surface area contributed by atoms with E-state index < -0.39 is 0 Å². The first-order chi connectivity index (χ1) is 6.22. The highest BCUT2D eigenvalue weighted by Crippen LogP contribution is 2.61. The van der Waals surface area contributed by atoms with E-state index in [1.54, 1.807) is 0 Å². The molecule has 1 heteroatoms. The van der Waals surface area contributed by atoms with Gasteiger partial charge in [0, 0.05) is 6.61 Å². The quantitative estimate of drug-likeness (QED) is 0.657. The number of hydrogen-bond acceptors (Lipinski definition) is 1. The Morgan fingerprint density at radius 3 is 1.85 bits per heavy atom. The molecule has 0 aromatic carbocycles. The minimum atomic E-state index is 0.299. The summed E-state index contributed by atoms with van der Waals surface area (Å²) in [6, 6.07) is 0. The van der Waals surface area contributed by atoms with Crippen LogP contribution in [0.25, 0.3) is 0 Å². The van der Waals surface area contributed by atoms with Crippen LogP contribution in [-0.4, -0.2) is 11.7 Å². The van der Waals surface area contributed by atoms with E-state index in [-0.39, 0.29) is 0 Å². The van der Waals surface area contributed by atoms with Crippen LogP contribution in [0.5, 0.6) is 0 Å². The highest BCUT2D eigenvalue weighted by Gasteiger charge is 2.54. The summed E-state index contributed by atoms with van der Waals surface area (Å²) in [5, 5.41) is 9.56. The fourth-order valence-corrected chi connectivity index (χ4v) is 4.52. The Balaban J connectivity index is 1.93. The molecule has 4 aliphatic carbocycles. The van der Waals surface area contributed by atoms with E-state index in [1.807, 2.05) is 0 Å². The topological polar surface area (TPSA) is 20.2 Å². The molecule has 4 rings (SSSR count). The molecule has 0 aromatic heterocycles. The number of aliphatic hydroxyl groups is 1. The zero-order chi connectivity index (χ0) is 9.05. The molecule has 1 nitrogen and oxygen atoms in total. The first kappa shape index (κ1) is 8.28. The monoisotopic (exact) mass is 180 g/mol. The maximum absolute atomic E-state index is 9.56. The van der Waals surface area contributed by atoms with Crippen molar-refractivity contribution in [2.45, 2.75) is 39.0 Å². The molecule has 0 saturated heterocycles. The van der Waals surface area contributed by atoms with E-state index in [9.17, 15) is 5.11 Å². The van der Waals surface area contributed by atoms with Gasteiger partial charge in [-0.05, 0) is 61.2 Å². The molecule has 0 amide bonds. The van der Waals surface area contributed by atoms with Crippen LogP contribution in [0.15, 0.2) is 0 Å². The Morgan fingerprint density at radius 2 is 1.46 bits per heavy atom. The lowest BCUT2D eigenvalue weighted by molar-refractivity contribution is -0.121. The SMILES string of the molecule is CC1(CO)C2CC3CC(C2)CC1C3. The fraction of sp³-hybridized carbons (Fsp3) is 1.00. The lowest BCUT2D eigenvalue weighted by Gasteiger charge is -2.59. The maximum atomic E-state index is 9.56. The molecule has 0 radical (unpaired) electrons. The summed E-state index contributed by atoms with van der Waals surface area (Å²) in [5.74, 6) is 3.77. The molecule has 4 aliphatic rings. The molecule has 0 spiro atoms. The van der Waals surface area contributed by atoms with Crippen molar-refractivity contribution in [3.05, 3.63) is 0 Å². The van der Waals surface area contributed by atoms with Gasteiger partial charge in [-0.25, -0.2) is 0 Å². The van der Waals surface area contributed by atoms with Gasteiger partial charge in [-0.15, -0.1) is 0 Å². The third kappa shape index (κ3) is 0.971. The molecule has 0 heterocycles. The van der Waals surface area contributed by atoms with Crippen LogP contribution >= 0.6 is 0 Å². The predicted molar refractivity (Wildman–Crippen MR) is 52.2 cm³/mol. The van der Waals surface area contributed by atoms with Crippen LogP contribution < -0.4 is 0 Å². The second-order valence-electron chi connectivity index (χ2n) is 5.97. The van der Waals surface area contributed by atoms with Gasteiger partial charge in [-0.2, -0.15) is 0 Å². The van der Waals surface area contributed by atoms with Crippen LogP contribution in [0.3, 0.4) is 0 Å². The summed E-state index contributed by atoms with van der Waals surface area (Å²) >= 11 is 0. The standard InChI is InChI=1S/C12H20O/c1-12(7-13)10-3-8-2-9(5-10)6-11(12)4-8/h8-11,13H,2-7H2,1H3. The fourth-order valence-electron chi connectivity index (χ4n) is 4.52. The number of aliphatic hydroxyl groups excluding tert-OH is 1. The first-order valence-electron chi connectivity index (χ1n) is 5.83. The van der Waals surface area contributed by atoms with Crippen LogP contribution in [0.4, 0.5) is 0 Å². The first-order valence-corrected chi connectivity index (χ1v) is 5.83. The van der Waals surface area contributed by atoms with Gasteiger partial charge in [0.15, 0.2) is 0 Å². The van der Waals surface area contributed by atoms with Crippen molar-refractivity contribution < 1.29 is 5.11 Å². The third-order valence-corrected chi connectivity index (χ3v) is 5.34. The summed E-state index contributed by atoms with van der Waals surface area (Å²) < 4.78 is 0. The molecule has 4 saturated carbocycles. The van der Waals surface area contributed by atoms with Gasteiger partial charge in [0.1, 0.15) is 0 Å². The van der Waals surface area contributed by atoms with Crippen molar-refractivity contribution >= 4 is 0 Å². The molecule has 0 atom stereocenters. The minimum Gasteiger partial charge on any atom is -0.396 e. The van der Waals surface area contributed by atoms with E-state index in [0.29, 0.717) is 12.0 Å². The van der Waals surface area contributed by atoms with E-state index in [2.05, 4.69) is 6.92 Å². The van der Waals surface area contributed by atoms with Gasteiger partial charge in [-0.1, -0.05) is 6.92 Å². The van der Waals surface area contributed by atoms with Crippen molar-refractivity contribution in [2.24, 2.45) is 29.1 Å². The number of rotatable bonds is 1. The maximum Gasteiger partial charge on any atom is 0.0490 e. The second-order valence-corrected chi connectivity index (χ2v) is 5.97. The summed E-state index contributed by atoms with van der Waals surface area (Å²) in [6.07, 6.45) is 7.19. The minimum absolute atomic E-state index is 0.299. The highest BCUT2D eigenvalue weighted by atomic mass is 16.3. The average molecular weight is 180 g/mol. The lowest BCUT2D eigenvalue weighted by atomic mass is 9.46. The van der Waals surface area contributed by atoms with Crippen molar-refractivity contribution in [2.75, 3.05) is 6.61 Å². The molecule has 4 bridgehead atoms. The molecule has 13 heavy (non-hydrogen) atoms. The zero-order valence-electron chi connectivity index (χ0n) is 8.50. The average Bonchev–Trinajstić information content (AvgIpc) is 2.13. The second kappa shape index (κ2) is 2.50. The Labute approximate surface area is 80.5 Å². The predicted octanol–water partition coefficient (Wildman–Crippen LogP) is 2.44. The molecule has 1 N–H and O–H groups in total. The summed E-state index contributed by atoms with van der Waals surface area (Å²) in [7, 11) is 0. The van der Waals surface area contributed by atoms with Crippen molar-refractivity contribution in [1.29, 1.82) is 0 Å². The van der Waals surface area contributed by atoms with E-state index >= 15 is 0 Å². The van der Waals surface area contributed by atoms with Gasteiger partial charge in [0.25, 0.3) is 0 Å². The Hall–Kier alpha value is -0.0400. The van der Waals surface area contributed by atoms with Gasteiger partial charge in [0.05, 0.1) is 0 Å². The lowest BCUT2D eigenvalue weighted by Crippen LogP contribution is -2.53. The summed E-state index contributed by atoms with van der Waals surface area (Å²) in [6.45, 7) is 2.77. The molecule has 0 unspecified atom stereocenters. The Kier molecular flexibility index (Phi) is 1.59. The normalized spacial score (nSPS) is 58.6. The molecular weight excluding hydrogens is 160 g/mol. The zero-order valence-corrected chi connectivity index (χ0v) is 8.50. The van der Waals surface area contributed by atoms with E-state index in [4.69, 9.17) is 0 Å². The van der Waals surface area contributed by atoms with Gasteiger partial charge < -0.3 is 5.11 Å². The number of hydrogen-bond donors (Lipinski definition) is 1. The highest BCUT2D eigenvalue weighted by molar-refractivity contribution is 5.03. The molecule has 74 valence electrons. The van der Waals surface area contributed by atoms with Crippen LogP contribution in [0.2, 0.25) is 0 Å². The van der Waals surface area contributed by atoms with E-state index in [0.717, 1.165) is 23.7 Å². The Bertz CT molecular complexity index is 193. The molecule has 0 aromatic rings. The van der Waals surface area contributed by atoms with Crippen LogP contribution in [-0.2, 0) is 0 Å². The molecule has 0 aliphatic heterocycles. The van der Waals surface area contributed by atoms with Crippen molar-refractivity contribution in [1.82, 2.24) is 0 Å². The van der Waals surface area contributed by atoms with Crippen molar-refractivity contribution in [3.8, 4) is 0 Å². The summed E-state index contributed by atoms with van der Waals surface area (Å²) in [4.78, 5) is 0. The molecule has 4 fully saturated rings. The van der Waals surface area contributed by atoms with E-state index in [1.165, 1.54) is 32.1 Å². The van der Waals surface area contributed by atoms with Crippen LogP contribution in [0.1, 0.15) is 39.0 Å². The van der Waals surface area contributed by atoms with Crippen molar-refractivity contribution in [3.63, 3.8) is 0 Å². The summed E-state index contributed by atoms with van der Waals surface area (Å²) in [5.41, 5.74) is 0.299. The van der Waals surface area contributed by atoms with Crippen LogP contribution in [0, 0.1) is 29.1 Å². The van der Waals surface area contributed by atoms with Gasteiger partial charge in [-0.3, -0.25) is 0 Å². The smallest absolute Gasteiger partial charge is 0.0490 e.